The molecule has 4 heterocycles. The number of anilines is 2. The van der Waals surface area contributed by atoms with Crippen molar-refractivity contribution in [2.45, 2.75) is 43.6 Å². The first-order chi connectivity index (χ1) is 20.7. The van der Waals surface area contributed by atoms with Crippen molar-refractivity contribution in [3.8, 4) is 11.5 Å². The molecule has 4 aliphatic heterocycles. The van der Waals surface area contributed by atoms with Gasteiger partial charge in [0.1, 0.15) is 23.6 Å². The molecule has 228 valence electrons. The molecular weight excluding hydrogens is 564 g/mol. The number of hydrogen-bond acceptors (Lipinski definition) is 10. The number of aliphatic hydroxyl groups is 2. The lowest BCUT2D eigenvalue weighted by atomic mass is 10.1. The molecule has 2 aromatic carbocycles. The van der Waals surface area contributed by atoms with Crippen LogP contribution in [-0.4, -0.2) is 108 Å². The number of amides is 4. The van der Waals surface area contributed by atoms with Gasteiger partial charge in [-0.15, -0.1) is 0 Å². The van der Waals surface area contributed by atoms with Crippen molar-refractivity contribution in [1.82, 2.24) is 9.80 Å². The van der Waals surface area contributed by atoms with Crippen molar-refractivity contribution in [3.05, 3.63) is 47.5 Å². The largest absolute Gasteiger partial charge is 0.497 e. The summed E-state index contributed by atoms with van der Waals surface area (Å²) in [7, 11) is 2.94. The number of ether oxygens (including phenoxy) is 2. The van der Waals surface area contributed by atoms with E-state index in [4.69, 9.17) is 19.1 Å². The van der Waals surface area contributed by atoms with Crippen molar-refractivity contribution in [2.75, 3.05) is 50.6 Å². The summed E-state index contributed by atoms with van der Waals surface area (Å²) in [5.74, 6) is -0.934. The lowest BCUT2D eigenvalue weighted by Crippen LogP contribution is -2.45. The SMILES string of the molecule is COc1ccc2c(c1)C(=O)N1CC(O)CC1C(=O)N2OCCCON1C(=O)[C@@H]2C[C@@H](O)CN2C(=O)c2cc(OC)ccc21. The number of carbonyl (C=O) groups is 4. The van der Waals surface area contributed by atoms with Gasteiger partial charge >= 0.3 is 0 Å². The molecule has 0 bridgehead atoms. The van der Waals surface area contributed by atoms with Crippen molar-refractivity contribution < 1.29 is 48.5 Å². The van der Waals surface area contributed by atoms with Crippen molar-refractivity contribution >= 4 is 35.0 Å². The highest BCUT2D eigenvalue weighted by atomic mass is 16.7. The number of fused-ring (bicyclic) bond motifs is 4. The molecule has 4 aliphatic rings. The zero-order valence-electron chi connectivity index (χ0n) is 23.7. The minimum absolute atomic E-state index is 0.0224. The lowest BCUT2D eigenvalue weighted by Gasteiger charge is -2.26. The average molecular weight is 597 g/mol. The third kappa shape index (κ3) is 5.05. The summed E-state index contributed by atoms with van der Waals surface area (Å²) < 4.78 is 10.5. The van der Waals surface area contributed by atoms with Gasteiger partial charge in [0.15, 0.2) is 0 Å². The third-order valence-corrected chi connectivity index (χ3v) is 8.09. The monoisotopic (exact) mass is 596 g/mol. The molecule has 0 aromatic heterocycles. The molecule has 2 unspecified atom stereocenters. The van der Waals surface area contributed by atoms with E-state index in [2.05, 4.69) is 0 Å². The number of nitrogens with zero attached hydrogens (tertiary/aromatic N) is 4. The molecular formula is C29H32N4O10. The van der Waals surface area contributed by atoms with Crippen LogP contribution in [0.4, 0.5) is 11.4 Å². The first-order valence-corrected chi connectivity index (χ1v) is 14.0. The van der Waals surface area contributed by atoms with Crippen LogP contribution in [0.3, 0.4) is 0 Å². The van der Waals surface area contributed by atoms with Crippen LogP contribution in [0.1, 0.15) is 40.0 Å². The Morgan fingerprint density at radius 1 is 0.698 bits per heavy atom. The van der Waals surface area contributed by atoms with Crippen LogP contribution in [-0.2, 0) is 19.3 Å². The zero-order valence-corrected chi connectivity index (χ0v) is 23.7. The van der Waals surface area contributed by atoms with E-state index in [0.717, 1.165) is 10.1 Å². The molecule has 2 aromatic rings. The highest BCUT2D eigenvalue weighted by Gasteiger charge is 2.47. The fourth-order valence-electron chi connectivity index (χ4n) is 5.98. The minimum atomic E-state index is -0.886. The Morgan fingerprint density at radius 3 is 1.51 bits per heavy atom. The molecule has 0 radical (unpaired) electrons. The summed E-state index contributed by atoms with van der Waals surface area (Å²) in [5.41, 5.74) is 0.917. The molecule has 14 heteroatoms. The first kappa shape index (κ1) is 28.9. The van der Waals surface area contributed by atoms with Crippen LogP contribution in [0.5, 0.6) is 11.5 Å². The van der Waals surface area contributed by atoms with Gasteiger partial charge in [-0.1, -0.05) is 0 Å². The number of methoxy groups -OCH3 is 2. The Kier molecular flexibility index (Phi) is 7.68. The number of carbonyl (C=O) groups excluding carboxylic acids is 4. The Morgan fingerprint density at radius 2 is 1.12 bits per heavy atom. The second kappa shape index (κ2) is 11.4. The van der Waals surface area contributed by atoms with Gasteiger partial charge in [-0.2, -0.15) is 10.1 Å². The molecule has 4 amide bonds. The van der Waals surface area contributed by atoms with Gasteiger partial charge < -0.3 is 29.5 Å². The van der Waals surface area contributed by atoms with Crippen LogP contribution < -0.4 is 19.6 Å². The normalized spacial score (nSPS) is 24.8. The van der Waals surface area contributed by atoms with E-state index in [0.29, 0.717) is 11.5 Å². The molecule has 43 heavy (non-hydrogen) atoms. The molecule has 2 fully saturated rings. The second-order valence-electron chi connectivity index (χ2n) is 10.8. The van der Waals surface area contributed by atoms with Gasteiger partial charge in [0.25, 0.3) is 23.6 Å². The number of hydrogen-bond donors (Lipinski definition) is 2. The van der Waals surface area contributed by atoms with E-state index in [1.54, 1.807) is 24.3 Å². The average Bonchev–Trinajstić information content (AvgIpc) is 3.57. The van der Waals surface area contributed by atoms with E-state index in [-0.39, 0.29) is 68.1 Å². The molecule has 0 saturated carbocycles. The van der Waals surface area contributed by atoms with Crippen molar-refractivity contribution in [1.29, 1.82) is 0 Å². The van der Waals surface area contributed by atoms with Gasteiger partial charge in [-0.25, -0.2) is 0 Å². The van der Waals surface area contributed by atoms with Gasteiger partial charge in [-0.05, 0) is 42.8 Å². The zero-order chi connectivity index (χ0) is 30.4. The van der Waals surface area contributed by atoms with E-state index >= 15 is 0 Å². The molecule has 14 nitrogen and oxygen atoms in total. The minimum Gasteiger partial charge on any atom is -0.497 e. The van der Waals surface area contributed by atoms with Gasteiger partial charge in [-0.3, -0.25) is 28.9 Å². The van der Waals surface area contributed by atoms with Crippen LogP contribution in [0.25, 0.3) is 0 Å². The number of aliphatic hydroxyl groups excluding tert-OH is 2. The van der Waals surface area contributed by atoms with Crippen LogP contribution in [0.15, 0.2) is 36.4 Å². The predicted octanol–water partition coefficient (Wildman–Crippen LogP) is 0.501. The lowest BCUT2D eigenvalue weighted by molar-refractivity contribution is -0.130. The number of hydroxylamine groups is 2. The Bertz CT molecular complexity index is 1360. The third-order valence-electron chi connectivity index (χ3n) is 8.09. The highest BCUT2D eigenvalue weighted by Crippen LogP contribution is 2.36. The molecule has 6 rings (SSSR count). The predicted molar refractivity (Wildman–Crippen MR) is 148 cm³/mol. The van der Waals surface area contributed by atoms with Gasteiger partial charge in [0.2, 0.25) is 0 Å². The summed E-state index contributed by atoms with van der Waals surface area (Å²) in [5, 5.41) is 22.5. The first-order valence-electron chi connectivity index (χ1n) is 14.0. The van der Waals surface area contributed by atoms with Crippen LogP contribution in [0.2, 0.25) is 0 Å². The maximum atomic E-state index is 13.5. The summed E-state index contributed by atoms with van der Waals surface area (Å²) in [6, 6.07) is 7.65. The number of rotatable bonds is 8. The fraction of sp³-hybridized carbons (Fsp3) is 0.448. The van der Waals surface area contributed by atoms with E-state index in [9.17, 15) is 29.4 Å². The smallest absolute Gasteiger partial charge is 0.273 e. The summed E-state index contributed by atoms with van der Waals surface area (Å²) in [4.78, 5) is 68.1. The standard InChI is InChI=1S/C29H32N4O10/c1-40-18-4-6-22-20(12-18)26(36)30-14-16(34)10-24(30)28(38)32(22)42-8-3-9-43-33-23-7-5-19(41-2)13-21(23)27(37)31-15-17(35)11-25(31)29(33)39/h4-7,12-13,16-17,24-25,34-35H,3,8-11,14-15H2,1-2H3/t16-,17?,24+,25?/m1/s1. The van der Waals surface area contributed by atoms with Crippen molar-refractivity contribution in [2.24, 2.45) is 0 Å². The maximum absolute atomic E-state index is 13.5. The van der Waals surface area contributed by atoms with E-state index in [1.165, 1.54) is 36.2 Å². The van der Waals surface area contributed by atoms with E-state index in [1.807, 2.05) is 0 Å². The van der Waals surface area contributed by atoms with Crippen molar-refractivity contribution in [3.63, 3.8) is 0 Å². The van der Waals surface area contributed by atoms with Gasteiger partial charge in [0.05, 0.1) is 62.1 Å². The second-order valence-corrected chi connectivity index (χ2v) is 10.8. The molecule has 2 N–H and O–H groups in total. The van der Waals surface area contributed by atoms with Gasteiger partial charge in [0, 0.05) is 25.9 Å². The van der Waals surface area contributed by atoms with Crippen LogP contribution in [0, 0.1) is 0 Å². The molecule has 4 atom stereocenters. The Balaban J connectivity index is 1.18. The van der Waals surface area contributed by atoms with E-state index < -0.39 is 47.9 Å². The summed E-state index contributed by atoms with van der Waals surface area (Å²) in [6.07, 6.45) is -1.27. The Hall–Kier alpha value is -4.24. The summed E-state index contributed by atoms with van der Waals surface area (Å²) in [6.45, 7) is 0.0161. The summed E-state index contributed by atoms with van der Waals surface area (Å²) >= 11 is 0. The molecule has 0 spiro atoms. The fourth-order valence-corrected chi connectivity index (χ4v) is 5.98. The molecule has 2 saturated heterocycles. The maximum Gasteiger partial charge on any atom is 0.273 e. The topological polar surface area (TPSA) is 159 Å². The highest BCUT2D eigenvalue weighted by molar-refractivity contribution is 6.11. The quantitative estimate of drug-likeness (QED) is 0.411. The Labute approximate surface area is 246 Å². The number of benzene rings is 2. The molecule has 0 aliphatic carbocycles. The van der Waals surface area contributed by atoms with Crippen LogP contribution >= 0.6 is 0 Å².